The summed E-state index contributed by atoms with van der Waals surface area (Å²) in [5.41, 5.74) is 0.585. The lowest BCUT2D eigenvalue weighted by Crippen LogP contribution is -2.16. The number of ether oxygens (including phenoxy) is 5. The molecule has 2 aromatic rings. The first kappa shape index (κ1) is 28.4. The number of hydrogen-bond acceptors (Lipinski definition) is 9. The van der Waals surface area contributed by atoms with Gasteiger partial charge in [0.2, 0.25) is 5.75 Å². The SMILES string of the molecule is CCCC(=O)Oc1cc(C(=O)OCc2ccccc2OC)cc(OC(=O)CCC)c1OC(=O)CCC. The molecule has 0 fully saturated rings. The van der Waals surface area contributed by atoms with Crippen LogP contribution < -0.4 is 18.9 Å². The number of rotatable bonds is 13. The number of esters is 4. The zero-order valence-corrected chi connectivity index (χ0v) is 21.1. The summed E-state index contributed by atoms with van der Waals surface area (Å²) in [5.74, 6) is -2.72. The van der Waals surface area contributed by atoms with Gasteiger partial charge in [0.05, 0.1) is 12.7 Å². The van der Waals surface area contributed by atoms with Gasteiger partial charge < -0.3 is 23.7 Å². The average molecular weight is 501 g/mol. The second-order valence-corrected chi connectivity index (χ2v) is 7.86. The second kappa shape index (κ2) is 14.5. The van der Waals surface area contributed by atoms with E-state index >= 15 is 0 Å². The van der Waals surface area contributed by atoms with Crippen molar-refractivity contribution in [1.29, 1.82) is 0 Å². The molecular formula is C27H32O9. The summed E-state index contributed by atoms with van der Waals surface area (Å²) in [7, 11) is 1.51. The fraction of sp³-hybridized carbons (Fsp3) is 0.407. The lowest BCUT2D eigenvalue weighted by molar-refractivity contribution is -0.138. The Hall–Kier alpha value is -3.88. The van der Waals surface area contributed by atoms with Crippen LogP contribution in [0.15, 0.2) is 36.4 Å². The van der Waals surface area contributed by atoms with Crippen molar-refractivity contribution in [2.75, 3.05) is 7.11 Å². The molecule has 0 aromatic heterocycles. The minimum atomic E-state index is -0.770. The number of hydrogen-bond donors (Lipinski definition) is 0. The van der Waals surface area contributed by atoms with E-state index in [4.69, 9.17) is 23.7 Å². The predicted octanol–water partition coefficient (Wildman–Crippen LogP) is 5.17. The maximum Gasteiger partial charge on any atom is 0.338 e. The monoisotopic (exact) mass is 500 g/mol. The Morgan fingerprint density at radius 3 is 1.69 bits per heavy atom. The normalized spacial score (nSPS) is 10.3. The quantitative estimate of drug-likeness (QED) is 0.271. The standard InChI is InChI=1S/C27H32O9/c1-5-10-23(28)34-21-15-19(27(31)33-17-18-13-8-9-14-20(18)32-4)16-22(35-24(29)11-6-2)26(21)36-25(30)12-7-3/h8-9,13-16H,5-7,10-12,17H2,1-4H3. The largest absolute Gasteiger partial charge is 0.496 e. The molecule has 0 aliphatic rings. The van der Waals surface area contributed by atoms with Crippen LogP contribution in [0.4, 0.5) is 0 Å². The van der Waals surface area contributed by atoms with Crippen molar-refractivity contribution >= 4 is 23.9 Å². The highest BCUT2D eigenvalue weighted by Crippen LogP contribution is 2.40. The van der Waals surface area contributed by atoms with E-state index < -0.39 is 23.9 Å². The van der Waals surface area contributed by atoms with Gasteiger partial charge in [-0.05, 0) is 37.5 Å². The van der Waals surface area contributed by atoms with Crippen LogP contribution in [0.5, 0.6) is 23.0 Å². The van der Waals surface area contributed by atoms with E-state index in [1.54, 1.807) is 45.0 Å². The third kappa shape index (κ3) is 8.41. The van der Waals surface area contributed by atoms with Gasteiger partial charge in [0.15, 0.2) is 11.5 Å². The van der Waals surface area contributed by atoms with E-state index in [1.807, 2.05) is 0 Å². The van der Waals surface area contributed by atoms with Crippen LogP contribution in [-0.2, 0) is 25.7 Å². The summed E-state index contributed by atoms with van der Waals surface area (Å²) in [6.45, 7) is 5.30. The lowest BCUT2D eigenvalue weighted by atomic mass is 10.1. The van der Waals surface area contributed by atoms with Gasteiger partial charge in [-0.25, -0.2) is 4.79 Å². The molecule has 0 heterocycles. The fourth-order valence-corrected chi connectivity index (χ4v) is 3.12. The van der Waals surface area contributed by atoms with Crippen molar-refractivity contribution in [2.45, 2.75) is 65.9 Å². The van der Waals surface area contributed by atoms with Gasteiger partial charge in [-0.3, -0.25) is 14.4 Å². The van der Waals surface area contributed by atoms with Gasteiger partial charge in [-0.15, -0.1) is 0 Å². The molecule has 194 valence electrons. The summed E-state index contributed by atoms with van der Waals surface area (Å²) in [6, 6.07) is 9.50. The fourth-order valence-electron chi connectivity index (χ4n) is 3.12. The van der Waals surface area contributed by atoms with Crippen LogP contribution in [0.1, 0.15) is 75.2 Å². The summed E-state index contributed by atoms with van der Waals surface area (Å²) in [4.78, 5) is 49.7. The lowest BCUT2D eigenvalue weighted by Gasteiger charge is -2.16. The maximum atomic E-state index is 12.9. The highest BCUT2D eigenvalue weighted by atomic mass is 16.6. The average Bonchev–Trinajstić information content (AvgIpc) is 2.84. The summed E-state index contributed by atoms with van der Waals surface area (Å²) < 4.78 is 26.9. The van der Waals surface area contributed by atoms with Gasteiger partial charge in [-0.1, -0.05) is 39.0 Å². The number of carbonyl (C=O) groups excluding carboxylic acids is 4. The van der Waals surface area contributed by atoms with Crippen LogP contribution in [0.3, 0.4) is 0 Å². The molecule has 0 N–H and O–H groups in total. The molecule has 2 rings (SSSR count). The van der Waals surface area contributed by atoms with E-state index in [9.17, 15) is 19.2 Å². The van der Waals surface area contributed by atoms with Crippen molar-refractivity contribution in [2.24, 2.45) is 0 Å². The highest BCUT2D eigenvalue weighted by Gasteiger charge is 2.25. The third-order valence-electron chi connectivity index (χ3n) is 4.83. The molecule has 0 saturated heterocycles. The van der Waals surface area contributed by atoms with Crippen molar-refractivity contribution in [3.8, 4) is 23.0 Å². The Bertz CT molecular complexity index is 1030. The first-order valence-electron chi connectivity index (χ1n) is 11.9. The van der Waals surface area contributed by atoms with Crippen LogP contribution in [0, 0.1) is 0 Å². The van der Waals surface area contributed by atoms with Crippen LogP contribution in [0.25, 0.3) is 0 Å². The van der Waals surface area contributed by atoms with E-state index in [0.29, 0.717) is 30.6 Å². The first-order valence-corrected chi connectivity index (χ1v) is 11.9. The summed E-state index contributed by atoms with van der Waals surface area (Å²) >= 11 is 0. The molecule has 0 amide bonds. The number of benzene rings is 2. The molecule has 0 bridgehead atoms. The Balaban J connectivity index is 2.47. The number of para-hydroxylation sites is 1. The van der Waals surface area contributed by atoms with Gasteiger partial charge in [-0.2, -0.15) is 0 Å². The van der Waals surface area contributed by atoms with Crippen molar-refractivity contribution in [3.63, 3.8) is 0 Å². The maximum absolute atomic E-state index is 12.9. The number of carbonyl (C=O) groups is 4. The Labute approximate surface area is 210 Å². The van der Waals surface area contributed by atoms with E-state index in [1.165, 1.54) is 19.2 Å². The highest BCUT2D eigenvalue weighted by molar-refractivity contribution is 5.92. The molecule has 9 heteroatoms. The van der Waals surface area contributed by atoms with Crippen molar-refractivity contribution in [3.05, 3.63) is 47.5 Å². The van der Waals surface area contributed by atoms with Crippen molar-refractivity contribution < 1.29 is 42.9 Å². The number of methoxy groups -OCH3 is 1. The Morgan fingerprint density at radius 1 is 0.694 bits per heavy atom. The summed E-state index contributed by atoms with van der Waals surface area (Å²) in [5, 5.41) is 0. The minimum absolute atomic E-state index is 0.0567. The smallest absolute Gasteiger partial charge is 0.338 e. The van der Waals surface area contributed by atoms with E-state index in [2.05, 4.69) is 0 Å². The molecule has 9 nitrogen and oxygen atoms in total. The third-order valence-corrected chi connectivity index (χ3v) is 4.83. The molecule has 0 atom stereocenters. The van der Waals surface area contributed by atoms with Crippen LogP contribution in [0.2, 0.25) is 0 Å². The van der Waals surface area contributed by atoms with Crippen LogP contribution in [-0.4, -0.2) is 31.0 Å². The molecule has 2 aromatic carbocycles. The van der Waals surface area contributed by atoms with Gasteiger partial charge in [0.25, 0.3) is 0 Å². The van der Waals surface area contributed by atoms with E-state index in [0.717, 1.165) is 0 Å². The minimum Gasteiger partial charge on any atom is -0.496 e. The second-order valence-electron chi connectivity index (χ2n) is 7.86. The van der Waals surface area contributed by atoms with Crippen molar-refractivity contribution in [1.82, 2.24) is 0 Å². The Kier molecular flexibility index (Phi) is 11.4. The molecular weight excluding hydrogens is 468 g/mol. The molecule has 0 unspecified atom stereocenters. The van der Waals surface area contributed by atoms with Crippen LogP contribution >= 0.6 is 0 Å². The van der Waals surface area contributed by atoms with Gasteiger partial charge >= 0.3 is 23.9 Å². The molecule has 0 aliphatic carbocycles. The first-order chi connectivity index (χ1) is 17.3. The Morgan fingerprint density at radius 2 is 1.19 bits per heavy atom. The molecule has 0 saturated carbocycles. The molecule has 36 heavy (non-hydrogen) atoms. The van der Waals surface area contributed by atoms with Gasteiger partial charge in [0.1, 0.15) is 12.4 Å². The van der Waals surface area contributed by atoms with E-state index in [-0.39, 0.29) is 48.7 Å². The zero-order chi connectivity index (χ0) is 26.5. The zero-order valence-electron chi connectivity index (χ0n) is 21.1. The molecule has 0 radical (unpaired) electrons. The molecule has 0 spiro atoms. The predicted molar refractivity (Wildman–Crippen MR) is 130 cm³/mol. The molecule has 0 aliphatic heterocycles. The topological polar surface area (TPSA) is 114 Å². The summed E-state index contributed by atoms with van der Waals surface area (Å²) in [6.07, 6.45) is 1.83. The van der Waals surface area contributed by atoms with Gasteiger partial charge in [0, 0.05) is 24.8 Å².